The summed E-state index contributed by atoms with van der Waals surface area (Å²) in [6.45, 7) is 4.10. The molecule has 2 aromatic rings. The van der Waals surface area contributed by atoms with Crippen LogP contribution in [0.1, 0.15) is 30.4 Å². The van der Waals surface area contributed by atoms with E-state index in [4.69, 9.17) is 4.84 Å². The molecule has 20 heavy (non-hydrogen) atoms. The van der Waals surface area contributed by atoms with Gasteiger partial charge in [0.25, 0.3) is 0 Å². The molecule has 0 radical (unpaired) electrons. The number of hydrogen-bond acceptors (Lipinski definition) is 3. The highest BCUT2D eigenvalue weighted by Crippen LogP contribution is 2.13. The van der Waals surface area contributed by atoms with Crippen LogP contribution in [-0.2, 0) is 13.2 Å². The first-order valence-electron chi connectivity index (χ1n) is 7.33. The average Bonchev–Trinajstić information content (AvgIpc) is 3.01. The van der Waals surface area contributed by atoms with Crippen molar-refractivity contribution in [3.8, 4) is 0 Å². The lowest BCUT2D eigenvalue weighted by atomic mass is 10.1. The minimum Gasteiger partial charge on any atom is -0.392 e. The van der Waals surface area contributed by atoms with Gasteiger partial charge in [0, 0.05) is 6.54 Å². The van der Waals surface area contributed by atoms with Crippen molar-refractivity contribution in [2.45, 2.75) is 32.4 Å². The number of nitrogens with zero attached hydrogens (tertiary/aromatic N) is 3. The van der Waals surface area contributed by atoms with E-state index < -0.39 is 0 Å². The molecule has 0 atom stereocenters. The van der Waals surface area contributed by atoms with Gasteiger partial charge in [0.2, 0.25) is 0 Å². The minimum absolute atomic E-state index is 0.547. The van der Waals surface area contributed by atoms with Crippen molar-refractivity contribution >= 4 is 0 Å². The quantitative estimate of drug-likeness (QED) is 0.837. The van der Waals surface area contributed by atoms with Gasteiger partial charge < -0.3 is 4.84 Å². The summed E-state index contributed by atoms with van der Waals surface area (Å²) in [4.78, 5) is 9.55. The Morgan fingerprint density at radius 1 is 1.00 bits per heavy atom. The van der Waals surface area contributed by atoms with Crippen molar-refractivity contribution in [3.63, 3.8) is 0 Å². The number of benzene rings is 1. The fourth-order valence-electron chi connectivity index (χ4n) is 2.59. The van der Waals surface area contributed by atoms with Gasteiger partial charge in [-0.25, -0.2) is 0 Å². The molecule has 0 unspecified atom stereocenters. The molecule has 0 spiro atoms. The van der Waals surface area contributed by atoms with E-state index in [1.165, 1.54) is 48.3 Å². The molecular weight excluding hydrogens is 250 g/mol. The summed E-state index contributed by atoms with van der Waals surface area (Å²) >= 11 is 0. The zero-order valence-electron chi connectivity index (χ0n) is 11.7. The second-order valence-corrected chi connectivity index (χ2v) is 5.34. The predicted octanol–water partition coefficient (Wildman–Crippen LogP) is 2.50. The zero-order chi connectivity index (χ0) is 13.6. The highest BCUT2D eigenvalue weighted by Gasteiger charge is 2.10. The lowest BCUT2D eigenvalue weighted by Gasteiger charge is -2.26. The Labute approximate surface area is 119 Å². The molecule has 1 aromatic carbocycles. The molecule has 0 N–H and O–H groups in total. The maximum absolute atomic E-state index is 5.52. The van der Waals surface area contributed by atoms with Gasteiger partial charge in [-0.3, -0.25) is 4.90 Å². The van der Waals surface area contributed by atoms with Crippen molar-refractivity contribution in [1.82, 2.24) is 14.8 Å². The Bertz CT molecular complexity index is 501. The van der Waals surface area contributed by atoms with Crippen LogP contribution in [0.15, 0.2) is 42.7 Å². The summed E-state index contributed by atoms with van der Waals surface area (Å²) in [7, 11) is 0. The van der Waals surface area contributed by atoms with Crippen LogP contribution >= 0.6 is 0 Å². The summed E-state index contributed by atoms with van der Waals surface area (Å²) in [5, 5.41) is 4.01. The molecule has 0 bridgehead atoms. The lowest BCUT2D eigenvalue weighted by Crippen LogP contribution is -2.29. The summed E-state index contributed by atoms with van der Waals surface area (Å²) in [5.74, 6) is 0. The molecule has 3 rings (SSSR count). The Hall–Kier alpha value is -1.81. The van der Waals surface area contributed by atoms with Gasteiger partial charge >= 0.3 is 0 Å². The van der Waals surface area contributed by atoms with Crippen LogP contribution in [0.25, 0.3) is 0 Å². The van der Waals surface area contributed by atoms with Gasteiger partial charge in [-0.15, -0.1) is 9.94 Å². The zero-order valence-corrected chi connectivity index (χ0v) is 11.7. The molecule has 1 aliphatic rings. The third-order valence-electron chi connectivity index (χ3n) is 3.72. The van der Waals surface area contributed by atoms with Gasteiger partial charge in [0.1, 0.15) is 6.61 Å². The Balaban J connectivity index is 1.51. The fraction of sp³-hybridized carbons (Fsp3) is 0.438. The normalized spacial score (nSPS) is 16.2. The van der Waals surface area contributed by atoms with Gasteiger partial charge in [0.15, 0.2) is 0 Å². The maximum Gasteiger partial charge on any atom is 0.142 e. The van der Waals surface area contributed by atoms with E-state index in [2.05, 4.69) is 34.3 Å². The van der Waals surface area contributed by atoms with Gasteiger partial charge in [-0.2, -0.15) is 0 Å². The molecule has 106 valence electrons. The molecule has 0 aliphatic carbocycles. The number of piperidine rings is 1. The molecular formula is C16H21N3O. The Morgan fingerprint density at radius 3 is 2.45 bits per heavy atom. The van der Waals surface area contributed by atoms with Crippen molar-refractivity contribution in [3.05, 3.63) is 53.9 Å². The van der Waals surface area contributed by atoms with Crippen LogP contribution in [0.2, 0.25) is 0 Å². The van der Waals surface area contributed by atoms with E-state index in [0.717, 1.165) is 6.54 Å². The van der Waals surface area contributed by atoms with Gasteiger partial charge in [-0.1, -0.05) is 30.7 Å². The van der Waals surface area contributed by atoms with Crippen molar-refractivity contribution in [2.24, 2.45) is 0 Å². The number of aromatic nitrogens is 2. The minimum atomic E-state index is 0.547. The standard InChI is InChI=1S/C16H21N3O/c1-2-10-18(11-3-1)13-15-5-7-16(8-6-15)14-20-19-12-4-9-17-19/h4-9,12H,1-3,10-11,13-14H2. The maximum atomic E-state index is 5.52. The van der Waals surface area contributed by atoms with E-state index in [1.54, 1.807) is 12.4 Å². The van der Waals surface area contributed by atoms with Gasteiger partial charge in [-0.05, 0) is 43.1 Å². The van der Waals surface area contributed by atoms with Crippen LogP contribution in [-0.4, -0.2) is 27.9 Å². The Morgan fingerprint density at radius 2 is 1.75 bits per heavy atom. The van der Waals surface area contributed by atoms with Crippen LogP contribution < -0.4 is 4.84 Å². The lowest BCUT2D eigenvalue weighted by molar-refractivity contribution is 0.0700. The van der Waals surface area contributed by atoms with E-state index in [1.807, 2.05) is 6.07 Å². The van der Waals surface area contributed by atoms with E-state index >= 15 is 0 Å². The molecule has 1 aliphatic heterocycles. The van der Waals surface area contributed by atoms with Crippen molar-refractivity contribution < 1.29 is 4.84 Å². The van der Waals surface area contributed by atoms with Crippen LogP contribution in [0, 0.1) is 0 Å². The number of rotatable bonds is 5. The van der Waals surface area contributed by atoms with Crippen LogP contribution in [0.5, 0.6) is 0 Å². The fourth-order valence-corrected chi connectivity index (χ4v) is 2.59. The smallest absolute Gasteiger partial charge is 0.142 e. The predicted molar refractivity (Wildman–Crippen MR) is 78.1 cm³/mol. The molecule has 1 saturated heterocycles. The second-order valence-electron chi connectivity index (χ2n) is 5.34. The third-order valence-corrected chi connectivity index (χ3v) is 3.72. The summed E-state index contributed by atoms with van der Waals surface area (Å²) in [6, 6.07) is 10.5. The SMILES string of the molecule is c1cnn(OCc2ccc(CN3CCCCC3)cc2)c1. The topological polar surface area (TPSA) is 30.3 Å². The van der Waals surface area contributed by atoms with Crippen LogP contribution in [0.4, 0.5) is 0 Å². The first-order valence-corrected chi connectivity index (χ1v) is 7.33. The Kier molecular flexibility index (Phi) is 4.33. The van der Waals surface area contributed by atoms with Crippen molar-refractivity contribution in [1.29, 1.82) is 0 Å². The molecule has 0 amide bonds. The highest BCUT2D eigenvalue weighted by atomic mass is 16.7. The average molecular weight is 271 g/mol. The highest BCUT2D eigenvalue weighted by molar-refractivity contribution is 5.22. The van der Waals surface area contributed by atoms with Crippen LogP contribution in [0.3, 0.4) is 0 Å². The van der Waals surface area contributed by atoms with Crippen molar-refractivity contribution in [2.75, 3.05) is 13.1 Å². The van der Waals surface area contributed by atoms with E-state index in [0.29, 0.717) is 6.61 Å². The largest absolute Gasteiger partial charge is 0.392 e. The molecule has 4 nitrogen and oxygen atoms in total. The number of likely N-dealkylation sites (tertiary alicyclic amines) is 1. The number of hydrogen-bond donors (Lipinski definition) is 0. The first-order chi connectivity index (χ1) is 9.90. The molecule has 0 saturated carbocycles. The monoisotopic (exact) mass is 271 g/mol. The molecule has 4 heteroatoms. The van der Waals surface area contributed by atoms with E-state index in [-0.39, 0.29) is 0 Å². The molecule has 1 aromatic heterocycles. The van der Waals surface area contributed by atoms with E-state index in [9.17, 15) is 0 Å². The third kappa shape index (κ3) is 3.61. The summed E-state index contributed by atoms with van der Waals surface area (Å²) in [5.41, 5.74) is 2.55. The first kappa shape index (κ1) is 13.2. The summed E-state index contributed by atoms with van der Waals surface area (Å²) in [6.07, 6.45) is 7.58. The van der Waals surface area contributed by atoms with Gasteiger partial charge in [0.05, 0.1) is 12.4 Å². The molecule has 1 fully saturated rings. The molecule has 2 heterocycles. The second kappa shape index (κ2) is 6.57. The summed E-state index contributed by atoms with van der Waals surface area (Å²) < 4.78 is 0.